The Morgan fingerprint density at radius 2 is 2.10 bits per heavy atom. The molecular formula is C13H17N3O3S. The lowest BCUT2D eigenvalue weighted by Gasteiger charge is -2.27. The molecule has 2 aliphatic heterocycles. The zero-order valence-corrected chi connectivity index (χ0v) is 11.9. The van der Waals surface area contributed by atoms with E-state index in [0.717, 1.165) is 36.0 Å². The molecular weight excluding hydrogens is 278 g/mol. The molecule has 108 valence electrons. The van der Waals surface area contributed by atoms with Crippen LogP contribution in [0.1, 0.15) is 5.56 Å². The predicted molar refractivity (Wildman–Crippen MR) is 77.7 cm³/mol. The summed E-state index contributed by atoms with van der Waals surface area (Å²) in [5.41, 5.74) is 0.833. The molecule has 0 spiro atoms. The van der Waals surface area contributed by atoms with E-state index >= 15 is 0 Å². The van der Waals surface area contributed by atoms with Gasteiger partial charge < -0.3 is 19.6 Å². The smallest absolute Gasteiger partial charge is 0.407 e. The number of carboxylic acid groups (broad SMARTS) is 1. The van der Waals surface area contributed by atoms with Crippen LogP contribution >= 0.6 is 11.8 Å². The topological polar surface area (TPSA) is 65.9 Å². The highest BCUT2D eigenvalue weighted by atomic mass is 32.2. The number of rotatable bonds is 1. The highest BCUT2D eigenvalue weighted by Crippen LogP contribution is 2.26. The minimum Gasteiger partial charge on any atom is -0.475 e. The van der Waals surface area contributed by atoms with E-state index in [4.69, 9.17) is 9.84 Å². The Morgan fingerprint density at radius 1 is 1.30 bits per heavy atom. The minimum atomic E-state index is -0.918. The number of hydrogen-bond acceptors (Lipinski definition) is 5. The number of amides is 1. The van der Waals surface area contributed by atoms with Gasteiger partial charge in [-0.25, -0.2) is 4.79 Å². The van der Waals surface area contributed by atoms with Gasteiger partial charge in [-0.2, -0.15) is 16.7 Å². The van der Waals surface area contributed by atoms with Gasteiger partial charge in [0, 0.05) is 30.2 Å². The van der Waals surface area contributed by atoms with Crippen molar-refractivity contribution in [1.29, 1.82) is 0 Å². The Balaban J connectivity index is 1.82. The maximum atomic E-state index is 11.1. The number of nitrogens with zero attached hydrogens (tertiary/aromatic N) is 3. The van der Waals surface area contributed by atoms with Gasteiger partial charge in [0.15, 0.2) is 0 Å². The fraction of sp³-hybridized carbons (Fsp3) is 0.538. The molecule has 20 heavy (non-hydrogen) atoms. The summed E-state index contributed by atoms with van der Waals surface area (Å²) in [7, 11) is 0. The van der Waals surface area contributed by atoms with Crippen LogP contribution in [0.2, 0.25) is 0 Å². The van der Waals surface area contributed by atoms with Crippen LogP contribution in [-0.4, -0.2) is 58.8 Å². The van der Waals surface area contributed by atoms with Gasteiger partial charge in [0.05, 0.1) is 13.1 Å². The molecule has 0 aliphatic carbocycles. The van der Waals surface area contributed by atoms with Crippen LogP contribution in [-0.2, 0) is 6.54 Å². The van der Waals surface area contributed by atoms with Crippen molar-refractivity contribution in [1.82, 2.24) is 9.88 Å². The van der Waals surface area contributed by atoms with Gasteiger partial charge in [0.2, 0.25) is 5.88 Å². The summed E-state index contributed by atoms with van der Waals surface area (Å²) in [5.74, 6) is 3.73. The van der Waals surface area contributed by atoms with E-state index in [2.05, 4.69) is 9.88 Å². The summed E-state index contributed by atoms with van der Waals surface area (Å²) < 4.78 is 5.61. The minimum absolute atomic E-state index is 0.341. The van der Waals surface area contributed by atoms with Crippen molar-refractivity contribution < 1.29 is 14.6 Å². The van der Waals surface area contributed by atoms with E-state index in [1.54, 1.807) is 0 Å². The molecule has 1 aromatic rings. The molecule has 7 heteroatoms. The van der Waals surface area contributed by atoms with Gasteiger partial charge in [0.1, 0.15) is 12.4 Å². The third kappa shape index (κ3) is 2.77. The third-order valence-electron chi connectivity index (χ3n) is 3.49. The first kappa shape index (κ1) is 13.4. The Hall–Kier alpha value is -1.63. The van der Waals surface area contributed by atoms with Gasteiger partial charge >= 0.3 is 6.09 Å². The second-order valence-corrected chi connectivity index (χ2v) is 6.01. The number of hydrogen-bond donors (Lipinski definition) is 1. The summed E-state index contributed by atoms with van der Waals surface area (Å²) in [6.45, 7) is 3.07. The summed E-state index contributed by atoms with van der Waals surface area (Å²) in [6.07, 6.45) is -0.918. The van der Waals surface area contributed by atoms with Crippen molar-refractivity contribution in [3.8, 4) is 5.88 Å². The van der Waals surface area contributed by atoms with Crippen LogP contribution in [0, 0.1) is 0 Å². The molecule has 0 saturated carbocycles. The van der Waals surface area contributed by atoms with E-state index in [0.29, 0.717) is 25.6 Å². The monoisotopic (exact) mass is 295 g/mol. The molecule has 0 atom stereocenters. The number of thioether (sulfide) groups is 1. The van der Waals surface area contributed by atoms with E-state index in [-0.39, 0.29) is 0 Å². The molecule has 3 rings (SSSR count). The SMILES string of the molecule is O=C(O)N1CCOc2nc(N3CCSCC3)ccc2C1. The number of carbonyl (C=O) groups is 1. The second-order valence-electron chi connectivity index (χ2n) is 4.79. The molecule has 1 saturated heterocycles. The zero-order chi connectivity index (χ0) is 13.9. The van der Waals surface area contributed by atoms with Crippen molar-refractivity contribution >= 4 is 23.7 Å². The van der Waals surface area contributed by atoms with Crippen molar-refractivity contribution in [3.63, 3.8) is 0 Å². The van der Waals surface area contributed by atoms with Crippen LogP contribution in [0.4, 0.5) is 10.6 Å². The second kappa shape index (κ2) is 5.78. The summed E-state index contributed by atoms with van der Waals surface area (Å²) in [4.78, 5) is 19.2. The van der Waals surface area contributed by atoms with Crippen LogP contribution in [0.3, 0.4) is 0 Å². The number of aromatic nitrogens is 1. The largest absolute Gasteiger partial charge is 0.475 e. The van der Waals surface area contributed by atoms with Crippen LogP contribution in [0.25, 0.3) is 0 Å². The molecule has 0 aromatic carbocycles. The summed E-state index contributed by atoms with van der Waals surface area (Å²) in [5, 5.41) is 9.09. The highest BCUT2D eigenvalue weighted by Gasteiger charge is 2.21. The van der Waals surface area contributed by atoms with Gasteiger partial charge in [-0.15, -0.1) is 0 Å². The Bertz CT molecular complexity index is 506. The highest BCUT2D eigenvalue weighted by molar-refractivity contribution is 7.99. The van der Waals surface area contributed by atoms with Crippen LogP contribution in [0.5, 0.6) is 5.88 Å². The normalized spacial score (nSPS) is 19.0. The molecule has 1 aromatic heterocycles. The van der Waals surface area contributed by atoms with Crippen molar-refractivity contribution in [2.75, 3.05) is 42.6 Å². The Kier molecular flexibility index (Phi) is 3.86. The first-order valence-corrected chi connectivity index (χ1v) is 7.83. The average Bonchev–Trinajstić information content (AvgIpc) is 2.69. The van der Waals surface area contributed by atoms with Crippen molar-refractivity contribution in [2.24, 2.45) is 0 Å². The van der Waals surface area contributed by atoms with Crippen LogP contribution in [0.15, 0.2) is 12.1 Å². The van der Waals surface area contributed by atoms with E-state index in [1.165, 1.54) is 4.90 Å². The number of ether oxygens (including phenoxy) is 1. The first-order chi connectivity index (χ1) is 9.74. The molecule has 0 radical (unpaired) electrons. The van der Waals surface area contributed by atoms with Gasteiger partial charge in [-0.1, -0.05) is 0 Å². The molecule has 0 bridgehead atoms. The fourth-order valence-electron chi connectivity index (χ4n) is 2.37. The van der Waals surface area contributed by atoms with Crippen LogP contribution < -0.4 is 9.64 Å². The molecule has 0 unspecified atom stereocenters. The zero-order valence-electron chi connectivity index (χ0n) is 11.1. The average molecular weight is 295 g/mol. The van der Waals surface area contributed by atoms with E-state index < -0.39 is 6.09 Å². The maximum Gasteiger partial charge on any atom is 0.407 e. The summed E-state index contributed by atoms with van der Waals surface area (Å²) >= 11 is 1.96. The van der Waals surface area contributed by atoms with E-state index in [1.807, 2.05) is 23.9 Å². The standard InChI is InChI=1S/C13H17N3O3S/c17-13(18)16-3-6-19-12-10(9-16)1-2-11(14-12)15-4-7-20-8-5-15/h1-2H,3-9H2,(H,17,18). The molecule has 1 N–H and O–H groups in total. The molecule has 6 nitrogen and oxygen atoms in total. The lowest BCUT2D eigenvalue weighted by molar-refractivity contribution is 0.137. The predicted octanol–water partition coefficient (Wildman–Crippen LogP) is 1.51. The lowest BCUT2D eigenvalue weighted by atomic mass is 10.2. The number of fused-ring (bicyclic) bond motifs is 1. The third-order valence-corrected chi connectivity index (χ3v) is 4.43. The first-order valence-electron chi connectivity index (χ1n) is 6.67. The van der Waals surface area contributed by atoms with Crippen molar-refractivity contribution in [2.45, 2.75) is 6.54 Å². The van der Waals surface area contributed by atoms with Gasteiger partial charge in [-0.05, 0) is 12.1 Å². The van der Waals surface area contributed by atoms with Crippen molar-refractivity contribution in [3.05, 3.63) is 17.7 Å². The molecule has 2 aliphatic rings. The number of pyridine rings is 1. The maximum absolute atomic E-state index is 11.1. The number of anilines is 1. The quantitative estimate of drug-likeness (QED) is 0.847. The Labute approximate surface area is 121 Å². The Morgan fingerprint density at radius 3 is 2.85 bits per heavy atom. The summed E-state index contributed by atoms with van der Waals surface area (Å²) in [6, 6.07) is 3.89. The molecule has 3 heterocycles. The lowest BCUT2D eigenvalue weighted by Crippen LogP contribution is -2.33. The van der Waals surface area contributed by atoms with E-state index in [9.17, 15) is 4.79 Å². The fourth-order valence-corrected chi connectivity index (χ4v) is 3.28. The molecule has 1 amide bonds. The molecule has 1 fully saturated rings. The van der Waals surface area contributed by atoms with Gasteiger partial charge in [0.25, 0.3) is 0 Å². The van der Waals surface area contributed by atoms with Gasteiger partial charge in [-0.3, -0.25) is 0 Å².